The summed E-state index contributed by atoms with van der Waals surface area (Å²) in [5.41, 5.74) is 11.0. The zero-order valence-electron chi connectivity index (χ0n) is 8.25. The summed E-state index contributed by atoms with van der Waals surface area (Å²) in [6.45, 7) is 6.65. The smallest absolute Gasteiger partial charge is 0.0313 e. The normalized spacial score (nSPS) is 7.00. The van der Waals surface area contributed by atoms with Crippen LogP contribution in [0.1, 0.15) is 20.8 Å². The first-order valence-corrected chi connectivity index (χ1v) is 4.31. The average Bonchev–Trinajstić information content (AvgIpc) is 2.11. The molecule has 0 atom stereocenters. The number of hydrogen-bond acceptors (Lipinski definition) is 2. The van der Waals surface area contributed by atoms with E-state index in [2.05, 4.69) is 0 Å². The Morgan fingerprint density at radius 3 is 1.58 bits per heavy atom. The number of anilines is 1. The Morgan fingerprint density at radius 2 is 1.42 bits per heavy atom. The third-order valence-corrected chi connectivity index (χ3v) is 0.800. The molecule has 0 amide bonds. The van der Waals surface area contributed by atoms with E-state index in [-0.39, 0.29) is 0 Å². The van der Waals surface area contributed by atoms with Gasteiger partial charge in [-0.1, -0.05) is 39.0 Å². The minimum absolute atomic E-state index is 0.750. The molecule has 2 nitrogen and oxygen atoms in total. The van der Waals surface area contributed by atoms with E-state index in [0.29, 0.717) is 0 Å². The van der Waals surface area contributed by atoms with E-state index in [4.69, 9.17) is 11.5 Å². The molecule has 0 saturated heterocycles. The van der Waals surface area contributed by atoms with Gasteiger partial charge in [0.2, 0.25) is 0 Å². The maximum Gasteiger partial charge on any atom is 0.0313 e. The third-order valence-electron chi connectivity index (χ3n) is 0.800. The molecule has 0 aliphatic rings. The van der Waals surface area contributed by atoms with E-state index in [9.17, 15) is 0 Å². The second kappa shape index (κ2) is 12.6. The van der Waals surface area contributed by atoms with Gasteiger partial charge in [-0.05, 0) is 18.7 Å². The van der Waals surface area contributed by atoms with Crippen LogP contribution < -0.4 is 11.5 Å². The Morgan fingerprint density at radius 1 is 1.08 bits per heavy atom. The van der Waals surface area contributed by atoms with E-state index in [1.54, 1.807) is 0 Å². The zero-order valence-corrected chi connectivity index (χ0v) is 8.25. The van der Waals surface area contributed by atoms with Gasteiger partial charge in [0.05, 0.1) is 0 Å². The Kier molecular flexibility index (Phi) is 14.3. The molecule has 0 heterocycles. The van der Waals surface area contributed by atoms with Crippen LogP contribution in [0.5, 0.6) is 0 Å². The fraction of sp³-hybridized carbons (Fsp3) is 0.400. The molecule has 1 aromatic carbocycles. The minimum atomic E-state index is 0.750. The van der Waals surface area contributed by atoms with Crippen molar-refractivity contribution in [3.8, 4) is 0 Å². The summed E-state index contributed by atoms with van der Waals surface area (Å²) < 4.78 is 0. The van der Waals surface area contributed by atoms with Crippen LogP contribution in [0.25, 0.3) is 0 Å². The summed E-state index contributed by atoms with van der Waals surface area (Å²) >= 11 is 0. The predicted molar refractivity (Wildman–Crippen MR) is 56.9 cm³/mol. The molecule has 0 spiro atoms. The lowest BCUT2D eigenvalue weighted by Gasteiger charge is -1.83. The molecule has 4 N–H and O–H groups in total. The first-order valence-electron chi connectivity index (χ1n) is 4.31. The van der Waals surface area contributed by atoms with E-state index in [0.717, 1.165) is 12.2 Å². The van der Waals surface area contributed by atoms with Crippen LogP contribution in [0, 0.1) is 0 Å². The summed E-state index contributed by atoms with van der Waals surface area (Å²) in [7, 11) is 0. The molecule has 0 unspecified atom stereocenters. The molecular weight excluding hydrogens is 148 g/mol. The molecule has 0 aliphatic carbocycles. The van der Waals surface area contributed by atoms with Crippen molar-refractivity contribution in [3.05, 3.63) is 30.3 Å². The number of hydrogen-bond donors (Lipinski definition) is 2. The molecule has 0 saturated carbocycles. The van der Waals surface area contributed by atoms with E-state index in [1.165, 1.54) is 0 Å². The molecule has 70 valence electrons. The Hall–Kier alpha value is -1.02. The summed E-state index contributed by atoms with van der Waals surface area (Å²) in [6, 6.07) is 9.49. The van der Waals surface area contributed by atoms with Gasteiger partial charge in [-0.2, -0.15) is 0 Å². The second-order valence-electron chi connectivity index (χ2n) is 1.82. The molecule has 0 bridgehead atoms. The molecule has 12 heavy (non-hydrogen) atoms. The van der Waals surface area contributed by atoms with Crippen LogP contribution in [0.4, 0.5) is 5.69 Å². The van der Waals surface area contributed by atoms with Gasteiger partial charge in [-0.3, -0.25) is 0 Å². The summed E-state index contributed by atoms with van der Waals surface area (Å²) in [5.74, 6) is 0. The number of nitrogen functional groups attached to an aromatic ring is 1. The molecule has 0 fully saturated rings. The van der Waals surface area contributed by atoms with Gasteiger partial charge < -0.3 is 11.5 Å². The van der Waals surface area contributed by atoms with Crippen molar-refractivity contribution in [2.45, 2.75) is 20.8 Å². The zero-order chi connectivity index (χ0) is 9.82. The highest BCUT2D eigenvalue weighted by Crippen LogP contribution is 1.95. The fourth-order valence-corrected chi connectivity index (χ4v) is 0.453. The summed E-state index contributed by atoms with van der Waals surface area (Å²) in [4.78, 5) is 0. The van der Waals surface area contributed by atoms with Crippen molar-refractivity contribution >= 4 is 5.69 Å². The molecule has 1 aromatic rings. The van der Waals surface area contributed by atoms with Gasteiger partial charge >= 0.3 is 0 Å². The van der Waals surface area contributed by atoms with Gasteiger partial charge in [0.15, 0.2) is 0 Å². The van der Waals surface area contributed by atoms with E-state index in [1.807, 2.05) is 51.1 Å². The number of rotatable bonds is 0. The maximum absolute atomic E-state index is 5.36. The van der Waals surface area contributed by atoms with Crippen molar-refractivity contribution in [3.63, 3.8) is 0 Å². The predicted octanol–water partition coefficient (Wildman–Crippen LogP) is 2.26. The quantitative estimate of drug-likeness (QED) is 0.584. The van der Waals surface area contributed by atoms with Crippen LogP contribution in [0.15, 0.2) is 30.3 Å². The molecule has 0 aliphatic heterocycles. The molecule has 2 heteroatoms. The minimum Gasteiger partial charge on any atom is -0.399 e. The largest absolute Gasteiger partial charge is 0.399 e. The van der Waals surface area contributed by atoms with Crippen molar-refractivity contribution < 1.29 is 0 Å². The number of nitrogens with two attached hydrogens (primary N) is 2. The average molecular weight is 168 g/mol. The summed E-state index contributed by atoms with van der Waals surface area (Å²) in [5, 5.41) is 0. The van der Waals surface area contributed by atoms with Gasteiger partial charge in [0.1, 0.15) is 0 Å². The van der Waals surface area contributed by atoms with Crippen molar-refractivity contribution in [1.82, 2.24) is 0 Å². The first kappa shape index (κ1) is 13.6. The lowest BCUT2D eigenvalue weighted by molar-refractivity contribution is 1.14. The lowest BCUT2D eigenvalue weighted by Crippen LogP contribution is -1.87. The van der Waals surface area contributed by atoms with Crippen molar-refractivity contribution in [1.29, 1.82) is 0 Å². The first-order chi connectivity index (χ1) is 5.81. The monoisotopic (exact) mass is 168 g/mol. The van der Waals surface area contributed by atoms with Gasteiger partial charge in [0, 0.05) is 5.69 Å². The van der Waals surface area contributed by atoms with Gasteiger partial charge in [-0.15, -0.1) is 0 Å². The van der Waals surface area contributed by atoms with Crippen LogP contribution in [0.2, 0.25) is 0 Å². The maximum atomic E-state index is 5.36. The summed E-state index contributed by atoms with van der Waals surface area (Å²) in [6.07, 6.45) is 0. The van der Waals surface area contributed by atoms with E-state index >= 15 is 0 Å². The van der Waals surface area contributed by atoms with Gasteiger partial charge in [-0.25, -0.2) is 0 Å². The molecule has 1 rings (SSSR count). The molecular formula is C10H20N2. The standard InChI is InChI=1S/C6H7N.C2H7N.C2H6/c7-6-4-2-1-3-5-6;1-2-3;1-2/h1-5H,7H2;2-3H2,1H3;1-2H3. The van der Waals surface area contributed by atoms with Crippen molar-refractivity contribution in [2.24, 2.45) is 5.73 Å². The van der Waals surface area contributed by atoms with Crippen LogP contribution in [0.3, 0.4) is 0 Å². The van der Waals surface area contributed by atoms with Gasteiger partial charge in [0.25, 0.3) is 0 Å². The molecule has 0 aromatic heterocycles. The van der Waals surface area contributed by atoms with Crippen LogP contribution >= 0.6 is 0 Å². The third kappa shape index (κ3) is 11.7. The SMILES string of the molecule is CC.CCN.Nc1ccccc1. The topological polar surface area (TPSA) is 52.0 Å². The second-order valence-corrected chi connectivity index (χ2v) is 1.82. The molecule has 0 radical (unpaired) electrons. The van der Waals surface area contributed by atoms with Crippen LogP contribution in [-0.4, -0.2) is 6.54 Å². The van der Waals surface area contributed by atoms with Crippen LogP contribution in [-0.2, 0) is 0 Å². The lowest BCUT2D eigenvalue weighted by atomic mass is 10.3. The highest BCUT2D eigenvalue weighted by molar-refractivity contribution is 5.35. The Bertz CT molecular complexity index is 149. The Balaban J connectivity index is 0. The van der Waals surface area contributed by atoms with E-state index < -0.39 is 0 Å². The number of benzene rings is 1. The fourth-order valence-electron chi connectivity index (χ4n) is 0.453. The highest BCUT2D eigenvalue weighted by atomic mass is 14.5. The highest BCUT2D eigenvalue weighted by Gasteiger charge is 1.72. The van der Waals surface area contributed by atoms with Crippen molar-refractivity contribution in [2.75, 3.05) is 12.3 Å². The number of para-hydroxylation sites is 1. The Labute approximate surface area is 75.6 Å².